The highest BCUT2D eigenvalue weighted by Gasteiger charge is 2.39. The molecular weight excluding hydrogens is 403 g/mol. The van der Waals surface area contributed by atoms with Crippen molar-refractivity contribution in [2.45, 2.75) is 38.0 Å². The summed E-state index contributed by atoms with van der Waals surface area (Å²) in [4.78, 5) is 35.4. The summed E-state index contributed by atoms with van der Waals surface area (Å²) in [5.41, 5.74) is 5.65. The van der Waals surface area contributed by atoms with E-state index in [2.05, 4.69) is 5.32 Å². The van der Waals surface area contributed by atoms with Crippen LogP contribution in [0.2, 0.25) is 0 Å². The molecule has 162 valence electrons. The Balaban J connectivity index is 2.28. The Kier molecular flexibility index (Phi) is 7.96. The molecule has 2 aromatic carbocycles. The van der Waals surface area contributed by atoms with E-state index in [0.29, 0.717) is 0 Å². The van der Waals surface area contributed by atoms with Gasteiger partial charge in [-0.15, -0.1) is 0 Å². The normalized spacial score (nSPS) is 17.2. The highest BCUT2D eigenvalue weighted by atomic mass is 31.2. The molecule has 0 aliphatic rings. The summed E-state index contributed by atoms with van der Waals surface area (Å²) in [6.07, 6.45) is -0.0472. The van der Waals surface area contributed by atoms with Crippen LogP contribution in [0.5, 0.6) is 0 Å². The first-order valence-corrected chi connectivity index (χ1v) is 11.7. The average molecular weight is 432 g/mol. The second kappa shape index (κ2) is 10.0. The fourth-order valence-electron chi connectivity index (χ4n) is 3.17. The Morgan fingerprint density at radius 3 is 2.03 bits per heavy atom. The van der Waals surface area contributed by atoms with Gasteiger partial charge in [-0.1, -0.05) is 60.7 Å². The molecule has 0 aliphatic carbocycles. The van der Waals surface area contributed by atoms with E-state index in [9.17, 15) is 24.2 Å². The molecule has 0 aromatic heterocycles. The summed E-state index contributed by atoms with van der Waals surface area (Å²) in [6, 6.07) is 18.1. The Morgan fingerprint density at radius 1 is 1.07 bits per heavy atom. The van der Waals surface area contributed by atoms with E-state index >= 15 is 0 Å². The molecule has 30 heavy (non-hydrogen) atoms. The third kappa shape index (κ3) is 6.52. The van der Waals surface area contributed by atoms with Crippen LogP contribution in [0.15, 0.2) is 60.7 Å². The van der Waals surface area contributed by atoms with Crippen LogP contribution in [0.25, 0.3) is 0 Å². The van der Waals surface area contributed by atoms with Crippen LogP contribution in [-0.4, -0.2) is 39.4 Å². The highest BCUT2D eigenvalue weighted by Crippen LogP contribution is 2.46. The van der Waals surface area contributed by atoms with E-state index in [1.165, 1.54) is 13.8 Å². The van der Waals surface area contributed by atoms with Gasteiger partial charge in [-0.25, -0.2) is 4.79 Å². The molecule has 0 fully saturated rings. The number of nitrogens with one attached hydrogen (secondary N) is 1. The zero-order valence-electron chi connectivity index (χ0n) is 17.2. The van der Waals surface area contributed by atoms with E-state index in [1.807, 2.05) is 36.4 Å². The van der Waals surface area contributed by atoms with Gasteiger partial charge in [0.25, 0.3) is 0 Å². The second-order valence-electron chi connectivity index (χ2n) is 7.85. The smallest absolute Gasteiger partial charge is 0.329 e. The summed E-state index contributed by atoms with van der Waals surface area (Å²) < 4.78 is 12.5. The zero-order chi connectivity index (χ0) is 22.4. The van der Waals surface area contributed by atoms with Crippen LogP contribution in [0, 0.1) is 5.92 Å². The van der Waals surface area contributed by atoms with Crippen LogP contribution >= 0.6 is 7.37 Å². The van der Waals surface area contributed by atoms with Gasteiger partial charge in [-0.2, -0.15) is 0 Å². The van der Waals surface area contributed by atoms with Crippen molar-refractivity contribution in [2.24, 2.45) is 11.7 Å². The molecule has 8 heteroatoms. The lowest BCUT2D eigenvalue weighted by Gasteiger charge is -2.30. The van der Waals surface area contributed by atoms with Crippen LogP contribution in [-0.2, 0) is 27.0 Å². The van der Waals surface area contributed by atoms with Crippen molar-refractivity contribution < 1.29 is 24.2 Å². The van der Waals surface area contributed by atoms with Crippen LogP contribution in [0.4, 0.5) is 0 Å². The standard InChI is InChI=1S/C22H29N2O5P/c1-16(23)30(28,29)15-19(13-17-9-5-3-6-10-17)20(25)24-22(2,21(26)27)14-18-11-7-4-8-12-18/h3-12,16,19H,13-15,23H2,1-2H3,(H,24,25)(H,26,27)(H,28,29)/t16-,19-,22+/m1/s1. The minimum absolute atomic E-state index is 0.0804. The van der Waals surface area contributed by atoms with Gasteiger partial charge in [-0.3, -0.25) is 9.36 Å². The molecule has 0 aliphatic heterocycles. The molecule has 1 unspecified atom stereocenters. The lowest BCUT2D eigenvalue weighted by molar-refractivity contribution is -0.147. The molecule has 2 rings (SSSR count). The topological polar surface area (TPSA) is 130 Å². The summed E-state index contributed by atoms with van der Waals surface area (Å²) in [7, 11) is -3.80. The van der Waals surface area contributed by atoms with Gasteiger partial charge in [0.05, 0.1) is 11.7 Å². The maximum absolute atomic E-state index is 13.1. The number of aliphatic carboxylic acids is 1. The number of carbonyl (C=O) groups is 2. The van der Waals surface area contributed by atoms with Crippen molar-refractivity contribution in [1.29, 1.82) is 0 Å². The van der Waals surface area contributed by atoms with Crippen LogP contribution in [0.3, 0.4) is 0 Å². The van der Waals surface area contributed by atoms with Gasteiger partial charge in [0, 0.05) is 12.6 Å². The minimum Gasteiger partial charge on any atom is -0.480 e. The molecule has 0 radical (unpaired) electrons. The van der Waals surface area contributed by atoms with Gasteiger partial charge < -0.3 is 21.1 Å². The largest absolute Gasteiger partial charge is 0.480 e. The number of carboxylic acids is 1. The predicted octanol–water partition coefficient (Wildman–Crippen LogP) is 2.62. The van der Waals surface area contributed by atoms with E-state index in [4.69, 9.17) is 5.73 Å². The molecule has 0 spiro atoms. The monoisotopic (exact) mass is 432 g/mol. The summed E-state index contributed by atoms with van der Waals surface area (Å²) in [6.45, 7) is 2.86. The molecule has 5 N–H and O–H groups in total. The number of benzene rings is 2. The van der Waals surface area contributed by atoms with Crippen molar-refractivity contribution in [3.63, 3.8) is 0 Å². The van der Waals surface area contributed by atoms with Crippen LogP contribution < -0.4 is 11.1 Å². The molecule has 4 atom stereocenters. The number of amides is 1. The molecule has 0 saturated carbocycles. The van der Waals surface area contributed by atoms with Crippen molar-refractivity contribution in [3.8, 4) is 0 Å². The highest BCUT2D eigenvalue weighted by molar-refractivity contribution is 7.58. The van der Waals surface area contributed by atoms with Gasteiger partial charge in [-0.05, 0) is 31.4 Å². The third-order valence-corrected chi connectivity index (χ3v) is 7.32. The summed E-state index contributed by atoms with van der Waals surface area (Å²) in [5.74, 6) is -3.66. The van der Waals surface area contributed by atoms with Gasteiger partial charge in [0.2, 0.25) is 13.3 Å². The molecule has 0 saturated heterocycles. The zero-order valence-corrected chi connectivity index (χ0v) is 18.1. The molecule has 0 heterocycles. The number of carboxylic acid groups (broad SMARTS) is 1. The molecule has 2 aromatic rings. The number of hydrogen-bond donors (Lipinski definition) is 4. The fraction of sp³-hybridized carbons (Fsp3) is 0.364. The molecule has 7 nitrogen and oxygen atoms in total. The van der Waals surface area contributed by atoms with Gasteiger partial charge in [0.15, 0.2) is 0 Å². The maximum Gasteiger partial charge on any atom is 0.329 e. The first-order chi connectivity index (χ1) is 14.0. The van der Waals surface area contributed by atoms with Crippen molar-refractivity contribution in [1.82, 2.24) is 5.32 Å². The van der Waals surface area contributed by atoms with Crippen molar-refractivity contribution in [3.05, 3.63) is 71.8 Å². The summed E-state index contributed by atoms with van der Waals surface area (Å²) >= 11 is 0. The van der Waals surface area contributed by atoms with Crippen molar-refractivity contribution >= 4 is 19.2 Å². The second-order valence-corrected chi connectivity index (χ2v) is 10.5. The third-order valence-electron chi connectivity index (χ3n) is 5.09. The van der Waals surface area contributed by atoms with Gasteiger partial charge in [0.1, 0.15) is 5.54 Å². The Labute approximate surface area is 176 Å². The van der Waals surface area contributed by atoms with Crippen molar-refractivity contribution in [2.75, 3.05) is 6.16 Å². The first-order valence-electron chi connectivity index (χ1n) is 9.74. The minimum atomic E-state index is -3.80. The van der Waals surface area contributed by atoms with Gasteiger partial charge >= 0.3 is 5.97 Å². The SMILES string of the molecule is C[C@H](N)P(=O)(O)C[C@@H](Cc1ccccc1)C(=O)N[C@@](C)(Cc1ccccc1)C(=O)O. The number of hydrogen-bond acceptors (Lipinski definition) is 4. The Morgan fingerprint density at radius 2 is 1.57 bits per heavy atom. The van der Waals surface area contributed by atoms with Crippen LogP contribution in [0.1, 0.15) is 25.0 Å². The van der Waals surface area contributed by atoms with E-state index in [0.717, 1.165) is 11.1 Å². The number of carbonyl (C=O) groups excluding carboxylic acids is 1. The molecule has 1 amide bonds. The summed E-state index contributed by atoms with van der Waals surface area (Å²) in [5, 5.41) is 12.4. The lowest BCUT2D eigenvalue weighted by atomic mass is 9.91. The lowest BCUT2D eigenvalue weighted by Crippen LogP contribution is -2.56. The fourth-order valence-corrected chi connectivity index (χ4v) is 4.43. The predicted molar refractivity (Wildman–Crippen MR) is 116 cm³/mol. The number of nitrogens with two attached hydrogens (primary N) is 1. The number of rotatable bonds is 10. The first kappa shape index (κ1) is 23.8. The quantitative estimate of drug-likeness (QED) is 0.427. The molecule has 0 bridgehead atoms. The van der Waals surface area contributed by atoms with E-state index in [-0.39, 0.29) is 19.0 Å². The Bertz CT molecular complexity index is 904. The van der Waals surface area contributed by atoms with E-state index in [1.54, 1.807) is 24.3 Å². The average Bonchev–Trinajstić information content (AvgIpc) is 2.68. The van der Waals surface area contributed by atoms with E-state index < -0.39 is 36.5 Å². The molecular formula is C22H29N2O5P. The maximum atomic E-state index is 13.1. The Hall–Kier alpha value is -2.47.